The highest BCUT2D eigenvalue weighted by Crippen LogP contribution is 2.23. The van der Waals surface area contributed by atoms with Gasteiger partial charge in [0.2, 0.25) is 0 Å². The summed E-state index contributed by atoms with van der Waals surface area (Å²) in [6.45, 7) is 2.04. The second-order valence-corrected chi connectivity index (χ2v) is 4.56. The van der Waals surface area contributed by atoms with Crippen molar-refractivity contribution >= 4 is 27.3 Å². The molecule has 0 saturated carbocycles. The SMILES string of the molecule is C[C@H](N)CCc1sccc1Br. The molecule has 0 bridgehead atoms. The van der Waals surface area contributed by atoms with Crippen LogP contribution in [0.25, 0.3) is 0 Å². The van der Waals surface area contributed by atoms with Crippen molar-refractivity contribution in [2.75, 3.05) is 0 Å². The van der Waals surface area contributed by atoms with Gasteiger partial charge < -0.3 is 5.73 Å². The number of aryl methyl sites for hydroxylation is 1. The second kappa shape index (κ2) is 4.24. The highest BCUT2D eigenvalue weighted by molar-refractivity contribution is 9.10. The lowest BCUT2D eigenvalue weighted by atomic mass is 10.2. The predicted octanol–water partition coefficient (Wildman–Crippen LogP) is 2.79. The van der Waals surface area contributed by atoms with Crippen LogP contribution in [0.5, 0.6) is 0 Å². The summed E-state index contributed by atoms with van der Waals surface area (Å²) in [5.41, 5.74) is 5.65. The molecular formula is C8H12BrNS. The standard InChI is InChI=1S/C8H12BrNS/c1-6(10)2-3-8-7(9)4-5-11-8/h4-6H,2-3,10H2,1H3/t6-/m0/s1. The minimum Gasteiger partial charge on any atom is -0.328 e. The quantitative estimate of drug-likeness (QED) is 0.855. The van der Waals surface area contributed by atoms with Crippen LogP contribution in [0.4, 0.5) is 0 Å². The summed E-state index contributed by atoms with van der Waals surface area (Å²) in [6, 6.07) is 2.39. The van der Waals surface area contributed by atoms with E-state index >= 15 is 0 Å². The van der Waals surface area contributed by atoms with Gasteiger partial charge in [-0.25, -0.2) is 0 Å². The van der Waals surface area contributed by atoms with Crippen LogP contribution >= 0.6 is 27.3 Å². The Bertz CT molecular complexity index is 220. The number of hydrogen-bond acceptors (Lipinski definition) is 2. The van der Waals surface area contributed by atoms with E-state index in [4.69, 9.17) is 5.73 Å². The zero-order chi connectivity index (χ0) is 8.27. The van der Waals surface area contributed by atoms with Gasteiger partial charge in [0.1, 0.15) is 0 Å². The first-order valence-electron chi connectivity index (χ1n) is 3.67. The van der Waals surface area contributed by atoms with Crippen LogP contribution in [0.3, 0.4) is 0 Å². The Morgan fingerprint density at radius 3 is 2.91 bits per heavy atom. The van der Waals surface area contributed by atoms with Crippen LogP contribution in [0.1, 0.15) is 18.2 Å². The number of hydrogen-bond donors (Lipinski definition) is 1. The number of rotatable bonds is 3. The third-order valence-electron chi connectivity index (χ3n) is 1.52. The Hall–Kier alpha value is 0.140. The summed E-state index contributed by atoms with van der Waals surface area (Å²) in [6.07, 6.45) is 2.16. The van der Waals surface area contributed by atoms with Gasteiger partial charge in [-0.05, 0) is 47.1 Å². The molecule has 62 valence electrons. The largest absolute Gasteiger partial charge is 0.328 e. The molecular weight excluding hydrogens is 222 g/mol. The summed E-state index contributed by atoms with van der Waals surface area (Å²) in [5, 5.41) is 2.10. The van der Waals surface area contributed by atoms with Gasteiger partial charge in [-0.1, -0.05) is 0 Å². The van der Waals surface area contributed by atoms with Gasteiger partial charge in [0.25, 0.3) is 0 Å². The summed E-state index contributed by atoms with van der Waals surface area (Å²) in [4.78, 5) is 1.40. The molecule has 0 spiro atoms. The molecule has 0 saturated heterocycles. The summed E-state index contributed by atoms with van der Waals surface area (Å²) >= 11 is 5.28. The molecule has 3 heteroatoms. The first kappa shape index (κ1) is 9.23. The Morgan fingerprint density at radius 2 is 2.45 bits per heavy atom. The Balaban J connectivity index is 2.44. The van der Waals surface area contributed by atoms with Crippen LogP contribution in [0.15, 0.2) is 15.9 Å². The van der Waals surface area contributed by atoms with Crippen LogP contribution in [0.2, 0.25) is 0 Å². The van der Waals surface area contributed by atoms with Gasteiger partial charge >= 0.3 is 0 Å². The number of halogens is 1. The van der Waals surface area contributed by atoms with Gasteiger partial charge in [-0.3, -0.25) is 0 Å². The number of nitrogens with two attached hydrogens (primary N) is 1. The first-order chi connectivity index (χ1) is 5.20. The van der Waals surface area contributed by atoms with Crippen LogP contribution < -0.4 is 5.73 Å². The normalized spacial score (nSPS) is 13.4. The fourth-order valence-electron chi connectivity index (χ4n) is 0.862. The zero-order valence-corrected chi connectivity index (χ0v) is 8.91. The fraction of sp³-hybridized carbons (Fsp3) is 0.500. The molecule has 11 heavy (non-hydrogen) atoms. The highest BCUT2D eigenvalue weighted by Gasteiger charge is 2.01. The average Bonchev–Trinajstić information content (AvgIpc) is 2.31. The topological polar surface area (TPSA) is 26.0 Å². The molecule has 0 aromatic carbocycles. The minimum absolute atomic E-state index is 0.309. The van der Waals surface area contributed by atoms with E-state index in [0.29, 0.717) is 6.04 Å². The molecule has 1 heterocycles. The van der Waals surface area contributed by atoms with Gasteiger partial charge in [-0.2, -0.15) is 0 Å². The molecule has 0 aliphatic carbocycles. The second-order valence-electron chi connectivity index (χ2n) is 2.71. The van der Waals surface area contributed by atoms with Crippen molar-refractivity contribution in [3.63, 3.8) is 0 Å². The van der Waals surface area contributed by atoms with E-state index in [1.54, 1.807) is 11.3 Å². The summed E-state index contributed by atoms with van der Waals surface area (Å²) in [7, 11) is 0. The minimum atomic E-state index is 0.309. The van der Waals surface area contributed by atoms with E-state index in [-0.39, 0.29) is 0 Å². The monoisotopic (exact) mass is 233 g/mol. The molecule has 1 rings (SSSR count). The first-order valence-corrected chi connectivity index (χ1v) is 5.35. The van der Waals surface area contributed by atoms with E-state index in [1.807, 2.05) is 6.92 Å². The molecule has 2 N–H and O–H groups in total. The molecule has 0 aliphatic heterocycles. The summed E-state index contributed by atoms with van der Waals surface area (Å²) in [5.74, 6) is 0. The Morgan fingerprint density at radius 1 is 1.73 bits per heavy atom. The molecule has 1 aromatic rings. The molecule has 0 fully saturated rings. The fourth-order valence-corrected chi connectivity index (χ4v) is 2.43. The van der Waals surface area contributed by atoms with Gasteiger partial charge in [0.05, 0.1) is 0 Å². The maximum Gasteiger partial charge on any atom is 0.0314 e. The van der Waals surface area contributed by atoms with E-state index in [1.165, 1.54) is 9.35 Å². The van der Waals surface area contributed by atoms with Gasteiger partial charge in [-0.15, -0.1) is 11.3 Å². The van der Waals surface area contributed by atoms with Crippen molar-refractivity contribution in [2.45, 2.75) is 25.8 Å². The third kappa shape index (κ3) is 2.93. The third-order valence-corrected chi connectivity index (χ3v) is 3.50. The van der Waals surface area contributed by atoms with Crippen LogP contribution in [0, 0.1) is 0 Å². The molecule has 1 atom stereocenters. The van der Waals surface area contributed by atoms with Crippen molar-refractivity contribution in [1.29, 1.82) is 0 Å². The van der Waals surface area contributed by atoms with Crippen LogP contribution in [-0.2, 0) is 6.42 Å². The molecule has 0 unspecified atom stereocenters. The van der Waals surface area contributed by atoms with Gasteiger partial charge in [0.15, 0.2) is 0 Å². The molecule has 1 nitrogen and oxygen atoms in total. The highest BCUT2D eigenvalue weighted by atomic mass is 79.9. The van der Waals surface area contributed by atoms with Crippen molar-refractivity contribution in [2.24, 2.45) is 5.73 Å². The van der Waals surface area contributed by atoms with Crippen LogP contribution in [-0.4, -0.2) is 6.04 Å². The van der Waals surface area contributed by atoms with Crippen molar-refractivity contribution in [1.82, 2.24) is 0 Å². The molecule has 0 amide bonds. The van der Waals surface area contributed by atoms with E-state index < -0.39 is 0 Å². The maximum atomic E-state index is 5.65. The smallest absolute Gasteiger partial charge is 0.0314 e. The van der Waals surface area contributed by atoms with E-state index in [9.17, 15) is 0 Å². The maximum absolute atomic E-state index is 5.65. The molecule has 0 aliphatic rings. The summed E-state index contributed by atoms with van der Waals surface area (Å²) < 4.78 is 1.23. The lowest BCUT2D eigenvalue weighted by Crippen LogP contribution is -2.15. The molecule has 0 radical (unpaired) electrons. The lowest BCUT2D eigenvalue weighted by Gasteiger charge is -2.02. The van der Waals surface area contributed by atoms with Crippen molar-refractivity contribution in [3.05, 3.63) is 20.8 Å². The van der Waals surface area contributed by atoms with E-state index in [2.05, 4.69) is 27.4 Å². The van der Waals surface area contributed by atoms with Gasteiger partial charge in [0, 0.05) is 15.4 Å². The van der Waals surface area contributed by atoms with Crippen molar-refractivity contribution < 1.29 is 0 Å². The Kier molecular flexibility index (Phi) is 3.55. The average molecular weight is 234 g/mol. The Labute approximate surface area is 79.7 Å². The zero-order valence-electron chi connectivity index (χ0n) is 6.51. The van der Waals surface area contributed by atoms with Crippen molar-refractivity contribution in [3.8, 4) is 0 Å². The lowest BCUT2D eigenvalue weighted by molar-refractivity contribution is 0.669. The predicted molar refractivity (Wildman–Crippen MR) is 54.0 cm³/mol. The molecule has 1 aromatic heterocycles. The van der Waals surface area contributed by atoms with E-state index in [0.717, 1.165) is 12.8 Å². The number of thiophene rings is 1.